The summed E-state index contributed by atoms with van der Waals surface area (Å²) in [5.74, 6) is 0.184. The van der Waals surface area contributed by atoms with E-state index in [1.165, 1.54) is 0 Å². The molecule has 0 unspecified atom stereocenters. The van der Waals surface area contributed by atoms with E-state index >= 15 is 0 Å². The number of pyridine rings is 3. The summed E-state index contributed by atoms with van der Waals surface area (Å²) in [6.45, 7) is 0. The smallest absolute Gasteiger partial charge is 0.216 e. The molecule has 0 spiro atoms. The van der Waals surface area contributed by atoms with Gasteiger partial charge in [0.15, 0.2) is 0 Å². The molecule has 0 radical (unpaired) electrons. The summed E-state index contributed by atoms with van der Waals surface area (Å²) in [6, 6.07) is 7.36. The van der Waals surface area contributed by atoms with Gasteiger partial charge in [-0.25, -0.2) is 15.0 Å². The second-order valence-corrected chi connectivity index (χ2v) is 6.61. The Hall–Kier alpha value is -2.99. The average molecular weight is 383 g/mol. The van der Waals surface area contributed by atoms with E-state index in [2.05, 4.69) is 19.9 Å². The Balaban J connectivity index is 1.63. The number of ether oxygens (including phenoxy) is 1. The Labute approximate surface area is 160 Å². The summed E-state index contributed by atoms with van der Waals surface area (Å²) >= 11 is 5.82. The predicted octanol–water partition coefficient (Wildman–Crippen LogP) is 4.34. The van der Waals surface area contributed by atoms with E-state index in [0.29, 0.717) is 29.3 Å². The molecule has 7 heteroatoms. The minimum absolute atomic E-state index is 0.403. The zero-order valence-corrected chi connectivity index (χ0v) is 15.3. The van der Waals surface area contributed by atoms with Gasteiger partial charge in [0.05, 0.1) is 13.3 Å². The van der Waals surface area contributed by atoms with Crippen LogP contribution in [0, 0.1) is 5.95 Å². The number of methoxy groups -OCH3 is 1. The molecule has 0 aromatic carbocycles. The molecule has 4 aromatic rings. The molecule has 4 aromatic heterocycles. The number of nitrogens with zero attached hydrogens (tertiary/aromatic N) is 3. The first-order valence-electron chi connectivity index (χ1n) is 8.36. The summed E-state index contributed by atoms with van der Waals surface area (Å²) in [6.07, 6.45) is 7.75. The van der Waals surface area contributed by atoms with Crippen molar-refractivity contribution in [2.75, 3.05) is 7.11 Å². The highest BCUT2D eigenvalue weighted by Crippen LogP contribution is 2.24. The van der Waals surface area contributed by atoms with Crippen LogP contribution < -0.4 is 4.74 Å². The van der Waals surface area contributed by atoms with Gasteiger partial charge in [0.2, 0.25) is 5.95 Å². The highest BCUT2D eigenvalue weighted by atomic mass is 35.5. The van der Waals surface area contributed by atoms with E-state index in [1.54, 1.807) is 31.8 Å². The monoisotopic (exact) mass is 382 g/mol. The number of hydrogen-bond donors (Lipinski definition) is 1. The molecule has 0 saturated carbocycles. The predicted molar refractivity (Wildman–Crippen MR) is 102 cm³/mol. The molecule has 0 bridgehead atoms. The summed E-state index contributed by atoms with van der Waals surface area (Å²) in [5.41, 5.74) is 4.09. The van der Waals surface area contributed by atoms with Crippen LogP contribution in [0.25, 0.3) is 11.0 Å². The van der Waals surface area contributed by atoms with Gasteiger partial charge in [0.1, 0.15) is 16.5 Å². The maximum absolute atomic E-state index is 14.3. The van der Waals surface area contributed by atoms with Gasteiger partial charge in [-0.15, -0.1) is 0 Å². The lowest BCUT2D eigenvalue weighted by Crippen LogP contribution is -1.99. The number of fused-ring (bicyclic) bond motifs is 1. The highest BCUT2D eigenvalue weighted by molar-refractivity contribution is 6.29. The zero-order chi connectivity index (χ0) is 18.8. The van der Waals surface area contributed by atoms with E-state index < -0.39 is 5.95 Å². The molecular formula is C20H16ClFN4O. The second kappa shape index (κ2) is 7.32. The lowest BCUT2D eigenvalue weighted by molar-refractivity contribution is 0.413. The number of hydrogen-bond acceptors (Lipinski definition) is 4. The third kappa shape index (κ3) is 3.75. The molecule has 4 rings (SSSR count). The Morgan fingerprint density at radius 1 is 1.00 bits per heavy atom. The van der Waals surface area contributed by atoms with Gasteiger partial charge >= 0.3 is 0 Å². The van der Waals surface area contributed by atoms with Crippen molar-refractivity contribution in [1.29, 1.82) is 0 Å². The molecule has 0 aliphatic rings. The fourth-order valence-electron chi connectivity index (χ4n) is 3.01. The summed E-state index contributed by atoms with van der Waals surface area (Å²) in [5, 5.41) is 1.35. The third-order valence-corrected chi connectivity index (χ3v) is 4.60. The lowest BCUT2D eigenvalue weighted by atomic mass is 10.0. The van der Waals surface area contributed by atoms with E-state index in [1.807, 2.05) is 24.4 Å². The molecule has 0 atom stereocenters. The van der Waals surface area contributed by atoms with Crippen molar-refractivity contribution in [3.8, 4) is 5.75 Å². The molecule has 5 nitrogen and oxygen atoms in total. The van der Waals surface area contributed by atoms with Crippen LogP contribution in [-0.2, 0) is 12.8 Å². The highest BCUT2D eigenvalue weighted by Gasteiger charge is 2.12. The van der Waals surface area contributed by atoms with Crippen LogP contribution in [0.3, 0.4) is 0 Å². The maximum atomic E-state index is 14.3. The largest absolute Gasteiger partial charge is 0.495 e. The molecule has 0 aliphatic heterocycles. The number of halogens is 2. The molecule has 136 valence electrons. The first kappa shape index (κ1) is 17.4. The van der Waals surface area contributed by atoms with Gasteiger partial charge in [0, 0.05) is 42.4 Å². The fraction of sp³-hybridized carbons (Fsp3) is 0.150. The van der Waals surface area contributed by atoms with Crippen LogP contribution in [0.15, 0.2) is 49.1 Å². The van der Waals surface area contributed by atoms with Gasteiger partial charge in [0.25, 0.3) is 0 Å². The Morgan fingerprint density at radius 2 is 1.85 bits per heavy atom. The summed E-state index contributed by atoms with van der Waals surface area (Å²) < 4.78 is 19.5. The SMILES string of the molecule is COc1cnc2[nH]cc(Cc3cc(Cc4ccc(Cl)nc4)cnc3F)c2c1. The van der Waals surface area contributed by atoms with Crippen molar-refractivity contribution in [3.63, 3.8) is 0 Å². The van der Waals surface area contributed by atoms with Gasteiger partial charge < -0.3 is 9.72 Å². The van der Waals surface area contributed by atoms with Crippen LogP contribution in [0.2, 0.25) is 5.15 Å². The number of H-pyrrole nitrogens is 1. The summed E-state index contributed by atoms with van der Waals surface area (Å²) in [7, 11) is 1.59. The van der Waals surface area contributed by atoms with Crippen LogP contribution in [0.5, 0.6) is 5.75 Å². The third-order valence-electron chi connectivity index (χ3n) is 4.37. The van der Waals surface area contributed by atoms with Crippen LogP contribution in [0.1, 0.15) is 22.3 Å². The lowest BCUT2D eigenvalue weighted by Gasteiger charge is -2.07. The van der Waals surface area contributed by atoms with Gasteiger partial charge in [-0.3, -0.25) is 0 Å². The molecule has 0 saturated heterocycles. The Morgan fingerprint density at radius 3 is 2.63 bits per heavy atom. The molecule has 1 N–H and O–H groups in total. The van der Waals surface area contributed by atoms with Crippen LogP contribution in [0.4, 0.5) is 4.39 Å². The van der Waals surface area contributed by atoms with Crippen molar-refractivity contribution in [3.05, 3.63) is 82.4 Å². The quantitative estimate of drug-likeness (QED) is 0.522. The van der Waals surface area contributed by atoms with E-state index in [-0.39, 0.29) is 0 Å². The number of rotatable bonds is 5. The van der Waals surface area contributed by atoms with E-state index in [4.69, 9.17) is 16.3 Å². The van der Waals surface area contributed by atoms with Crippen molar-refractivity contribution in [2.24, 2.45) is 0 Å². The van der Waals surface area contributed by atoms with Crippen LogP contribution in [-0.4, -0.2) is 27.0 Å². The topological polar surface area (TPSA) is 63.7 Å². The normalized spacial score (nSPS) is 11.1. The van der Waals surface area contributed by atoms with Crippen molar-refractivity contribution >= 4 is 22.6 Å². The minimum Gasteiger partial charge on any atom is -0.495 e. The van der Waals surface area contributed by atoms with Gasteiger partial charge in [-0.1, -0.05) is 17.7 Å². The zero-order valence-electron chi connectivity index (χ0n) is 14.5. The number of nitrogens with one attached hydrogen (secondary N) is 1. The molecule has 0 fully saturated rings. The van der Waals surface area contributed by atoms with Crippen LogP contribution >= 0.6 is 11.6 Å². The Kier molecular flexibility index (Phi) is 4.73. The molecular weight excluding hydrogens is 367 g/mol. The average Bonchev–Trinajstić information content (AvgIpc) is 3.08. The van der Waals surface area contributed by atoms with Gasteiger partial charge in [-0.2, -0.15) is 4.39 Å². The first-order chi connectivity index (χ1) is 13.1. The maximum Gasteiger partial charge on any atom is 0.216 e. The van der Waals surface area contributed by atoms with Crippen molar-refractivity contribution < 1.29 is 9.13 Å². The molecule has 0 aliphatic carbocycles. The molecule has 0 amide bonds. The van der Waals surface area contributed by atoms with Gasteiger partial charge in [-0.05, 0) is 34.9 Å². The molecule has 27 heavy (non-hydrogen) atoms. The fourth-order valence-corrected chi connectivity index (χ4v) is 3.12. The summed E-state index contributed by atoms with van der Waals surface area (Å²) in [4.78, 5) is 15.4. The van der Waals surface area contributed by atoms with Crippen molar-refractivity contribution in [1.82, 2.24) is 19.9 Å². The Bertz CT molecular complexity index is 1100. The first-order valence-corrected chi connectivity index (χ1v) is 8.74. The minimum atomic E-state index is -0.474. The van der Waals surface area contributed by atoms with E-state index in [9.17, 15) is 4.39 Å². The van der Waals surface area contributed by atoms with E-state index in [0.717, 1.165) is 27.7 Å². The number of aromatic amines is 1. The molecule has 4 heterocycles. The number of aromatic nitrogens is 4. The second-order valence-electron chi connectivity index (χ2n) is 6.22. The standard InChI is InChI=1S/C20H16ClFN4O/c1-27-16-7-17-15(10-25-20(17)26-11-16)6-14-5-13(9-24-19(14)22)4-12-2-3-18(21)23-8-12/h2-3,5,7-11H,4,6H2,1H3,(H,25,26). The van der Waals surface area contributed by atoms with Crippen molar-refractivity contribution in [2.45, 2.75) is 12.8 Å².